The number of carbonyl (C=O) groups is 1. The van der Waals surface area contributed by atoms with Crippen LogP contribution in [0.25, 0.3) is 0 Å². The zero-order valence-electron chi connectivity index (χ0n) is 13.3. The van der Waals surface area contributed by atoms with Gasteiger partial charge in [-0.2, -0.15) is 5.26 Å². The molecule has 6 nitrogen and oxygen atoms in total. The third kappa shape index (κ3) is 5.16. The maximum Gasteiger partial charge on any atom is 0.269 e. The lowest BCUT2D eigenvalue weighted by Crippen LogP contribution is -2.35. The number of aliphatic hydroxyl groups is 1. The third-order valence-corrected chi connectivity index (χ3v) is 3.43. The van der Waals surface area contributed by atoms with E-state index >= 15 is 0 Å². The van der Waals surface area contributed by atoms with E-state index in [1.54, 1.807) is 0 Å². The molecule has 2 atom stereocenters. The quantitative estimate of drug-likeness (QED) is 0.809. The van der Waals surface area contributed by atoms with Gasteiger partial charge < -0.3 is 15.2 Å². The van der Waals surface area contributed by atoms with Gasteiger partial charge in [-0.3, -0.25) is 4.79 Å². The Bertz CT molecular complexity index is 696. The molecule has 1 amide bonds. The fourth-order valence-electron chi connectivity index (χ4n) is 2.03. The number of benzene rings is 1. The molecule has 1 aromatic carbocycles. The van der Waals surface area contributed by atoms with Crippen LogP contribution < -0.4 is 5.32 Å². The summed E-state index contributed by atoms with van der Waals surface area (Å²) in [4.78, 5) is 15.8. The lowest BCUT2D eigenvalue weighted by Gasteiger charge is -2.17. The van der Waals surface area contributed by atoms with Gasteiger partial charge in [-0.05, 0) is 24.6 Å². The van der Waals surface area contributed by atoms with Crippen molar-refractivity contribution >= 4 is 5.91 Å². The molecule has 1 heterocycles. The fourth-order valence-corrected chi connectivity index (χ4v) is 2.03. The largest absolute Gasteiger partial charge is 0.389 e. The van der Waals surface area contributed by atoms with E-state index < -0.39 is 12.0 Å². The molecular weight excluding hydrogens is 306 g/mol. The van der Waals surface area contributed by atoms with Gasteiger partial charge in [0.2, 0.25) is 0 Å². The van der Waals surface area contributed by atoms with Gasteiger partial charge in [0.15, 0.2) is 0 Å². The van der Waals surface area contributed by atoms with Crippen LogP contribution in [0.5, 0.6) is 0 Å². The zero-order chi connectivity index (χ0) is 17.4. The van der Waals surface area contributed by atoms with Crippen LogP contribution in [0.1, 0.15) is 34.6 Å². The van der Waals surface area contributed by atoms with E-state index in [4.69, 9.17) is 10.00 Å². The number of hydrogen-bond acceptors (Lipinski definition) is 5. The minimum atomic E-state index is -0.821. The number of nitrogens with one attached hydrogen (secondary N) is 1. The van der Waals surface area contributed by atoms with Crippen LogP contribution >= 0.6 is 0 Å². The molecule has 2 aromatic rings. The van der Waals surface area contributed by atoms with Crippen molar-refractivity contribution in [1.82, 2.24) is 10.3 Å². The minimum Gasteiger partial charge on any atom is -0.389 e. The molecule has 6 heteroatoms. The van der Waals surface area contributed by atoms with Crippen LogP contribution in [-0.4, -0.2) is 35.3 Å². The van der Waals surface area contributed by atoms with Gasteiger partial charge in [-0.15, -0.1) is 0 Å². The fraction of sp³-hybridized carbons (Fsp3) is 0.278. The molecule has 0 aliphatic carbocycles. The van der Waals surface area contributed by atoms with Crippen molar-refractivity contribution in [1.29, 1.82) is 5.26 Å². The first-order valence-corrected chi connectivity index (χ1v) is 7.59. The Morgan fingerprint density at radius 3 is 2.71 bits per heavy atom. The number of aliphatic hydroxyl groups excluding tert-OH is 1. The molecular formula is C18H19N3O3. The van der Waals surface area contributed by atoms with Crippen molar-refractivity contribution in [3.63, 3.8) is 0 Å². The van der Waals surface area contributed by atoms with Crippen LogP contribution in [-0.2, 0) is 4.74 Å². The van der Waals surface area contributed by atoms with Crippen molar-refractivity contribution in [2.75, 3.05) is 13.2 Å². The van der Waals surface area contributed by atoms with E-state index in [0.717, 1.165) is 5.56 Å². The molecule has 0 spiro atoms. The van der Waals surface area contributed by atoms with Crippen molar-refractivity contribution in [2.24, 2.45) is 0 Å². The van der Waals surface area contributed by atoms with Crippen molar-refractivity contribution in [3.8, 4) is 6.07 Å². The summed E-state index contributed by atoms with van der Waals surface area (Å²) in [5.74, 6) is -0.408. The van der Waals surface area contributed by atoms with Crippen LogP contribution in [0.2, 0.25) is 0 Å². The molecule has 2 rings (SSSR count). The van der Waals surface area contributed by atoms with Gasteiger partial charge in [0.05, 0.1) is 24.4 Å². The number of nitrogens with zero attached hydrogens (tertiary/aromatic N) is 2. The van der Waals surface area contributed by atoms with Gasteiger partial charge in [-0.25, -0.2) is 4.98 Å². The summed E-state index contributed by atoms with van der Waals surface area (Å²) in [7, 11) is 0. The van der Waals surface area contributed by atoms with Gasteiger partial charge in [0, 0.05) is 12.7 Å². The highest BCUT2D eigenvalue weighted by molar-refractivity contribution is 5.92. The Morgan fingerprint density at radius 2 is 2.08 bits per heavy atom. The van der Waals surface area contributed by atoms with E-state index in [-0.39, 0.29) is 24.9 Å². The summed E-state index contributed by atoms with van der Waals surface area (Å²) in [6.07, 6.45) is 0.367. The molecule has 0 bridgehead atoms. The highest BCUT2D eigenvalue weighted by atomic mass is 16.5. The van der Waals surface area contributed by atoms with Crippen LogP contribution in [0.4, 0.5) is 0 Å². The normalized spacial score (nSPS) is 12.9. The molecule has 0 aliphatic heterocycles. The second kappa shape index (κ2) is 8.77. The molecule has 0 saturated heterocycles. The van der Waals surface area contributed by atoms with E-state index in [0.29, 0.717) is 5.56 Å². The topological polar surface area (TPSA) is 95.2 Å². The second-order valence-electron chi connectivity index (χ2n) is 5.29. The summed E-state index contributed by atoms with van der Waals surface area (Å²) in [6.45, 7) is 2.07. The van der Waals surface area contributed by atoms with Crippen LogP contribution in [0, 0.1) is 11.3 Å². The highest BCUT2D eigenvalue weighted by Gasteiger charge is 2.12. The van der Waals surface area contributed by atoms with Crippen molar-refractivity contribution in [3.05, 3.63) is 65.5 Å². The predicted octanol–water partition coefficient (Wildman–Crippen LogP) is 1.82. The monoisotopic (exact) mass is 325 g/mol. The molecule has 124 valence electrons. The van der Waals surface area contributed by atoms with Crippen LogP contribution in [0.3, 0.4) is 0 Å². The standard InChI is InChI=1S/C18H19N3O3/c1-13(15-5-3-2-4-6-15)24-12-16(22)11-21-18(23)17-8-7-14(9-19)10-20-17/h2-8,10,13,16,22H,11-12H2,1H3,(H,21,23)/t13-,16+/m1/s1. The summed E-state index contributed by atoms with van der Waals surface area (Å²) in [5, 5.41) is 21.2. The van der Waals surface area contributed by atoms with Gasteiger partial charge in [0.25, 0.3) is 5.91 Å². The number of rotatable bonds is 7. The first-order valence-electron chi connectivity index (χ1n) is 7.59. The lowest BCUT2D eigenvalue weighted by atomic mass is 10.1. The Labute approximate surface area is 140 Å². The SMILES string of the molecule is C[C@@H](OC[C@@H](O)CNC(=O)c1ccc(C#N)cn1)c1ccccc1. The van der Waals surface area contributed by atoms with Crippen molar-refractivity contribution < 1.29 is 14.6 Å². The molecule has 24 heavy (non-hydrogen) atoms. The molecule has 0 radical (unpaired) electrons. The molecule has 0 saturated carbocycles. The van der Waals surface area contributed by atoms with E-state index in [9.17, 15) is 9.90 Å². The predicted molar refractivity (Wildman–Crippen MR) is 88.1 cm³/mol. The highest BCUT2D eigenvalue weighted by Crippen LogP contribution is 2.15. The Kier molecular flexibility index (Phi) is 6.43. The van der Waals surface area contributed by atoms with E-state index in [2.05, 4.69) is 10.3 Å². The number of carbonyl (C=O) groups excluding carboxylic acids is 1. The summed E-state index contributed by atoms with van der Waals surface area (Å²) in [5.41, 5.74) is 1.60. The Morgan fingerprint density at radius 1 is 1.33 bits per heavy atom. The molecule has 0 unspecified atom stereocenters. The van der Waals surface area contributed by atoms with E-state index in [1.165, 1.54) is 18.3 Å². The van der Waals surface area contributed by atoms with Gasteiger partial charge in [-0.1, -0.05) is 30.3 Å². The Hall–Kier alpha value is -2.75. The molecule has 1 aromatic heterocycles. The molecule has 0 aliphatic rings. The van der Waals surface area contributed by atoms with Gasteiger partial charge in [0.1, 0.15) is 11.8 Å². The first kappa shape index (κ1) is 17.6. The van der Waals surface area contributed by atoms with Crippen molar-refractivity contribution in [2.45, 2.75) is 19.1 Å². The number of ether oxygens (including phenoxy) is 1. The summed E-state index contributed by atoms with van der Waals surface area (Å²) < 4.78 is 5.61. The minimum absolute atomic E-state index is 0.0576. The molecule has 2 N–H and O–H groups in total. The number of aromatic nitrogens is 1. The van der Waals surface area contributed by atoms with E-state index in [1.807, 2.05) is 43.3 Å². The maximum atomic E-state index is 11.9. The van der Waals surface area contributed by atoms with Crippen LogP contribution in [0.15, 0.2) is 48.7 Å². The average Bonchev–Trinajstić information content (AvgIpc) is 2.64. The average molecular weight is 325 g/mol. The smallest absolute Gasteiger partial charge is 0.269 e. The number of pyridine rings is 1. The Balaban J connectivity index is 1.75. The first-order chi connectivity index (χ1) is 11.6. The third-order valence-electron chi connectivity index (χ3n) is 3.43. The zero-order valence-corrected chi connectivity index (χ0v) is 13.3. The summed E-state index contributed by atoms with van der Waals surface area (Å²) >= 11 is 0. The number of nitriles is 1. The lowest BCUT2D eigenvalue weighted by molar-refractivity contribution is -0.00173. The molecule has 0 fully saturated rings. The van der Waals surface area contributed by atoms with Gasteiger partial charge >= 0.3 is 0 Å². The maximum absolute atomic E-state index is 11.9. The second-order valence-corrected chi connectivity index (χ2v) is 5.29. The number of hydrogen-bond donors (Lipinski definition) is 2. The number of amides is 1. The summed E-state index contributed by atoms with van der Waals surface area (Å²) in [6, 6.07) is 14.6.